The lowest BCUT2D eigenvalue weighted by Crippen LogP contribution is -2.51. The van der Waals surface area contributed by atoms with Gasteiger partial charge in [-0.3, -0.25) is 44.1 Å². The fourth-order valence-corrected chi connectivity index (χ4v) is 9.26. The summed E-state index contributed by atoms with van der Waals surface area (Å²) in [5.74, 6) is -12.1. The number of aromatic nitrogens is 5. The molecule has 1 aliphatic heterocycles. The lowest BCUT2D eigenvalue weighted by atomic mass is 9.89. The van der Waals surface area contributed by atoms with Crippen molar-refractivity contribution >= 4 is 51.3 Å². The van der Waals surface area contributed by atoms with Crippen LogP contribution in [0.4, 0.5) is 43.4 Å². The number of amides is 1. The van der Waals surface area contributed by atoms with Crippen molar-refractivity contribution in [3.05, 3.63) is 160 Å². The number of nitrogens with zero attached hydrogens (tertiary/aromatic N) is 8. The van der Waals surface area contributed by atoms with Gasteiger partial charge in [-0.05, 0) is 60.1 Å². The zero-order valence-electron chi connectivity index (χ0n) is 42.1. The van der Waals surface area contributed by atoms with Gasteiger partial charge in [-0.1, -0.05) is 79.1 Å². The zero-order chi connectivity index (χ0) is 56.1. The van der Waals surface area contributed by atoms with E-state index in [-0.39, 0.29) is 69.3 Å². The fourth-order valence-electron chi connectivity index (χ4n) is 8.96. The molecule has 76 heavy (non-hydrogen) atoms. The minimum Gasteiger partial charge on any atom is -0.496 e. The molecule has 0 N–H and O–H groups in total. The number of benzene rings is 4. The second-order valence-electron chi connectivity index (χ2n) is 18.4. The molecule has 0 aliphatic carbocycles. The van der Waals surface area contributed by atoms with Gasteiger partial charge < -0.3 is 9.47 Å². The largest absolute Gasteiger partial charge is 0.496 e. The van der Waals surface area contributed by atoms with Gasteiger partial charge in [-0.25, -0.2) is 46.3 Å². The third-order valence-electron chi connectivity index (χ3n) is 12.3. The van der Waals surface area contributed by atoms with Crippen molar-refractivity contribution in [1.29, 1.82) is 0 Å². The third kappa shape index (κ3) is 9.32. The van der Waals surface area contributed by atoms with Crippen molar-refractivity contribution in [3.63, 3.8) is 0 Å². The molecule has 4 heterocycles. The van der Waals surface area contributed by atoms with E-state index in [1.165, 1.54) is 51.1 Å². The topological polar surface area (TPSA) is 216 Å². The molecule has 7 aromatic rings. The standard InChI is InChI=1S/C26H22ClF3N4O4.C26H23F3N4O5/c1-11(2)21-25(22(12(3)4)32-10-31-21)33-23-13(19(27)24(26(33)35)34(36)37)9-15(29)18(20(23)30)17-14(28)7-6-8-16(17)38-5;1-11(2)20-23(21(12(3)4)31-10-30-20)32-22-13(25(34)24(26(32)35)33(36)37)9-15(28)18(19(22)29)17-14(27)7-6-8-16(17)38-5/h6-12H,1-5H3;6-12,24H,1-5H3. The second-order valence-corrected chi connectivity index (χ2v) is 18.8. The monoisotopic (exact) mass is 1070 g/mol. The molecule has 24 heteroatoms. The number of fused-ring (bicyclic) bond motifs is 2. The summed E-state index contributed by atoms with van der Waals surface area (Å²) in [5.41, 5.74) is -6.28. The Morgan fingerprint density at radius 2 is 1.04 bits per heavy atom. The van der Waals surface area contributed by atoms with Gasteiger partial charge >= 0.3 is 23.2 Å². The number of Topliss-reactive ketones (excluding diaryl/α,β-unsaturated/α-hetero) is 1. The fraction of sp³-hybridized carbons (Fsp3) is 0.288. The highest BCUT2D eigenvalue weighted by Crippen LogP contribution is 2.48. The van der Waals surface area contributed by atoms with Crippen LogP contribution >= 0.6 is 11.6 Å². The van der Waals surface area contributed by atoms with E-state index in [1.807, 2.05) is 0 Å². The normalized spacial score (nSPS) is 13.4. The molecule has 0 saturated heterocycles. The third-order valence-corrected chi connectivity index (χ3v) is 12.7. The molecule has 1 atom stereocenters. The number of nitro groups is 2. The molecule has 0 saturated carbocycles. The Labute approximate surface area is 433 Å². The number of ether oxygens (including phenoxy) is 2. The van der Waals surface area contributed by atoms with Crippen LogP contribution in [0.15, 0.2) is 66.0 Å². The van der Waals surface area contributed by atoms with Crippen LogP contribution in [0.5, 0.6) is 11.5 Å². The number of hydrogen-bond donors (Lipinski definition) is 0. The average Bonchev–Trinajstić information content (AvgIpc) is 3.35. The van der Waals surface area contributed by atoms with Crippen molar-refractivity contribution < 1.29 is 55.3 Å². The SMILES string of the molecule is COc1cccc(F)c1-c1c(F)cc2c(Cl)c([N+](=O)[O-])c(=O)n(-c3c(C(C)C)ncnc3C(C)C)c2c1F.COc1cccc(F)c1-c1c(F)cc2c(c1F)N(c1c(C(C)C)ncnc1C(C)C)C(=O)C([N+](=O)[O-])C2=O. The lowest BCUT2D eigenvalue weighted by Gasteiger charge is -2.34. The first-order valence-electron chi connectivity index (χ1n) is 23.1. The summed E-state index contributed by atoms with van der Waals surface area (Å²) in [6, 6.07) is 5.98. The maximum Gasteiger partial charge on any atom is 0.353 e. The molecule has 396 valence electrons. The van der Waals surface area contributed by atoms with Crippen LogP contribution in [0.3, 0.4) is 0 Å². The van der Waals surface area contributed by atoms with Crippen LogP contribution in [-0.4, -0.2) is 66.3 Å². The maximum atomic E-state index is 16.5. The van der Waals surface area contributed by atoms with Crippen molar-refractivity contribution in [3.8, 4) is 39.4 Å². The van der Waals surface area contributed by atoms with Crippen molar-refractivity contribution in [2.45, 2.75) is 85.1 Å². The Morgan fingerprint density at radius 3 is 1.46 bits per heavy atom. The molecule has 1 aliphatic rings. The summed E-state index contributed by atoms with van der Waals surface area (Å²) < 4.78 is 105. The van der Waals surface area contributed by atoms with E-state index < -0.39 is 123 Å². The van der Waals surface area contributed by atoms with Crippen LogP contribution in [0.1, 0.15) is 112 Å². The van der Waals surface area contributed by atoms with Gasteiger partial charge in [0.2, 0.25) is 5.78 Å². The number of hydrogen-bond acceptors (Lipinski definition) is 13. The van der Waals surface area contributed by atoms with Gasteiger partial charge in [0.15, 0.2) is 11.6 Å². The Bertz CT molecular complexity index is 3580. The van der Waals surface area contributed by atoms with Crippen molar-refractivity contribution in [2.24, 2.45) is 0 Å². The van der Waals surface area contributed by atoms with E-state index in [9.17, 15) is 43.4 Å². The number of halogens is 7. The number of anilines is 2. The first-order valence-corrected chi connectivity index (χ1v) is 23.5. The molecular weight excluding hydrogens is 1030 g/mol. The average molecular weight is 1080 g/mol. The van der Waals surface area contributed by atoms with E-state index in [4.69, 9.17) is 21.1 Å². The molecule has 0 spiro atoms. The van der Waals surface area contributed by atoms with E-state index in [0.29, 0.717) is 11.0 Å². The van der Waals surface area contributed by atoms with Crippen molar-refractivity contribution in [2.75, 3.05) is 19.1 Å². The maximum absolute atomic E-state index is 16.5. The predicted molar refractivity (Wildman–Crippen MR) is 268 cm³/mol. The summed E-state index contributed by atoms with van der Waals surface area (Å²) in [6.07, 6.45) is 2.52. The van der Waals surface area contributed by atoms with Gasteiger partial charge in [-0.2, -0.15) is 0 Å². The summed E-state index contributed by atoms with van der Waals surface area (Å²) in [6.45, 7) is 14.0. The highest BCUT2D eigenvalue weighted by Gasteiger charge is 2.52. The van der Waals surface area contributed by atoms with Crippen LogP contribution in [0, 0.1) is 55.1 Å². The van der Waals surface area contributed by atoms with E-state index in [2.05, 4.69) is 19.9 Å². The number of pyridine rings is 1. The minimum absolute atomic E-state index is 0.00391. The second kappa shape index (κ2) is 21.5. The summed E-state index contributed by atoms with van der Waals surface area (Å²) in [4.78, 5) is 79.6. The first-order chi connectivity index (χ1) is 35.8. The van der Waals surface area contributed by atoms with Gasteiger partial charge in [0.1, 0.15) is 52.4 Å². The van der Waals surface area contributed by atoms with Crippen molar-refractivity contribution in [1.82, 2.24) is 24.5 Å². The van der Waals surface area contributed by atoms with E-state index >= 15 is 17.6 Å². The predicted octanol–water partition coefficient (Wildman–Crippen LogP) is 12.0. The molecule has 8 rings (SSSR count). The Hall–Kier alpha value is -8.34. The Morgan fingerprint density at radius 1 is 0.605 bits per heavy atom. The van der Waals surface area contributed by atoms with Gasteiger partial charge in [0.25, 0.3) is 0 Å². The highest BCUT2D eigenvalue weighted by molar-refractivity contribution is 6.37. The van der Waals surface area contributed by atoms with Gasteiger partial charge in [0.05, 0.1) is 92.3 Å². The molecular formula is C52H45ClF6N8O9. The quantitative estimate of drug-likeness (QED) is 0.0482. The molecule has 3 aromatic heterocycles. The first kappa shape index (κ1) is 55.4. The van der Waals surface area contributed by atoms with Crippen LogP contribution < -0.4 is 19.9 Å². The molecule has 0 radical (unpaired) electrons. The van der Waals surface area contributed by atoms with E-state index in [1.54, 1.807) is 55.4 Å². The van der Waals surface area contributed by atoms with Crippen LogP contribution in [-0.2, 0) is 4.79 Å². The Balaban J connectivity index is 0.000000221. The van der Waals surface area contributed by atoms with Gasteiger partial charge in [0, 0.05) is 10.3 Å². The number of carbonyl (C=O) groups excluding carboxylic acids is 2. The number of ketones is 1. The number of carbonyl (C=O) groups is 2. The number of rotatable bonds is 12. The van der Waals surface area contributed by atoms with E-state index in [0.717, 1.165) is 22.8 Å². The summed E-state index contributed by atoms with van der Waals surface area (Å²) >= 11 is 6.22. The smallest absolute Gasteiger partial charge is 0.353 e. The summed E-state index contributed by atoms with van der Waals surface area (Å²) in [5, 5.41) is 22.5. The molecule has 0 bridgehead atoms. The molecule has 0 fully saturated rings. The Kier molecular flexibility index (Phi) is 15.7. The van der Waals surface area contributed by atoms with Crippen LogP contribution in [0.2, 0.25) is 5.02 Å². The molecule has 4 aromatic carbocycles. The molecule has 1 unspecified atom stereocenters. The lowest BCUT2D eigenvalue weighted by molar-refractivity contribution is -0.491. The highest BCUT2D eigenvalue weighted by atomic mass is 35.5. The minimum atomic E-state index is -2.46. The van der Waals surface area contributed by atoms with Crippen LogP contribution in [0.25, 0.3) is 38.8 Å². The number of methoxy groups -OCH3 is 2. The van der Waals surface area contributed by atoms with Gasteiger partial charge in [-0.15, -0.1) is 0 Å². The molecule has 17 nitrogen and oxygen atoms in total. The molecule has 1 amide bonds. The summed E-state index contributed by atoms with van der Waals surface area (Å²) in [7, 11) is 2.38. The zero-order valence-corrected chi connectivity index (χ0v) is 42.8.